The van der Waals surface area contributed by atoms with Crippen molar-refractivity contribution < 1.29 is 19.8 Å². The maximum atomic E-state index is 13.2. The first-order valence-electron chi connectivity index (χ1n) is 12.3. The van der Waals surface area contributed by atoms with Crippen molar-refractivity contribution in [1.82, 2.24) is 10.3 Å². The molecular formula is C27H42N2O4S. The van der Waals surface area contributed by atoms with E-state index in [4.69, 9.17) is 0 Å². The number of hydrogen-bond acceptors (Lipinski definition) is 6. The molecule has 190 valence electrons. The van der Waals surface area contributed by atoms with Gasteiger partial charge in [0.25, 0.3) is 0 Å². The van der Waals surface area contributed by atoms with Crippen LogP contribution < -0.4 is 5.32 Å². The van der Waals surface area contributed by atoms with Crippen LogP contribution in [0.25, 0.3) is 6.08 Å². The molecular weight excluding hydrogens is 448 g/mol. The molecule has 1 aliphatic heterocycles. The predicted molar refractivity (Wildman–Crippen MR) is 138 cm³/mol. The summed E-state index contributed by atoms with van der Waals surface area (Å²) in [6.07, 6.45) is 5.33. The summed E-state index contributed by atoms with van der Waals surface area (Å²) in [5.74, 6) is -1.17. The molecule has 0 saturated heterocycles. The second-order valence-corrected chi connectivity index (χ2v) is 11.6. The van der Waals surface area contributed by atoms with Gasteiger partial charge >= 0.3 is 0 Å². The van der Waals surface area contributed by atoms with E-state index in [0.717, 1.165) is 35.5 Å². The molecule has 1 aromatic heterocycles. The fourth-order valence-corrected chi connectivity index (χ4v) is 5.12. The number of Topliss-reactive ketones (excluding diaryl/α,β-unsaturated/α-hetero) is 1. The van der Waals surface area contributed by atoms with Gasteiger partial charge in [0.2, 0.25) is 5.91 Å². The van der Waals surface area contributed by atoms with E-state index in [1.807, 2.05) is 32.2 Å². The molecule has 0 spiro atoms. The maximum absolute atomic E-state index is 13.2. The van der Waals surface area contributed by atoms with Gasteiger partial charge in [-0.25, -0.2) is 4.98 Å². The van der Waals surface area contributed by atoms with E-state index in [9.17, 15) is 19.8 Å². The molecule has 7 heteroatoms. The van der Waals surface area contributed by atoms with E-state index >= 15 is 0 Å². The van der Waals surface area contributed by atoms with Gasteiger partial charge in [-0.05, 0) is 64.0 Å². The van der Waals surface area contributed by atoms with Crippen molar-refractivity contribution >= 4 is 29.1 Å². The molecule has 0 aromatic carbocycles. The number of aliphatic hydroxyl groups is 2. The highest BCUT2D eigenvalue weighted by atomic mass is 32.1. The number of nitrogens with zero attached hydrogens (tertiary/aromatic N) is 1. The number of carbonyl (C=O) groups excluding carboxylic acids is 2. The number of carbonyl (C=O) groups is 2. The summed E-state index contributed by atoms with van der Waals surface area (Å²) in [6, 6.07) is -0.232. The second-order valence-electron chi connectivity index (χ2n) is 10.5. The van der Waals surface area contributed by atoms with E-state index in [0.29, 0.717) is 6.42 Å². The minimum Gasteiger partial charge on any atom is -0.392 e. The SMILES string of the molecule is CC1=CCCC[C@H](C)[C@@H](O)[C@H](C)C(=O)C(C)(C)[C@@H](O)CC(=O)N[C@H](C(C)=Cc2csc(C)n2)C1. The summed E-state index contributed by atoms with van der Waals surface area (Å²) in [7, 11) is 0. The van der Waals surface area contributed by atoms with Gasteiger partial charge in [0.1, 0.15) is 5.78 Å². The van der Waals surface area contributed by atoms with Gasteiger partial charge in [0.15, 0.2) is 0 Å². The molecule has 0 bridgehead atoms. The maximum Gasteiger partial charge on any atom is 0.223 e. The monoisotopic (exact) mass is 490 g/mol. The molecule has 34 heavy (non-hydrogen) atoms. The summed E-state index contributed by atoms with van der Waals surface area (Å²) in [5.41, 5.74) is 1.89. The van der Waals surface area contributed by atoms with E-state index in [1.165, 1.54) is 5.57 Å². The number of aromatic nitrogens is 1. The molecule has 3 N–H and O–H groups in total. The third-order valence-corrected chi connectivity index (χ3v) is 7.93. The second kappa shape index (κ2) is 12.2. The number of allylic oxidation sites excluding steroid dienone is 1. The van der Waals surface area contributed by atoms with Crippen LogP contribution in [0.2, 0.25) is 0 Å². The summed E-state index contributed by atoms with van der Waals surface area (Å²) < 4.78 is 0. The van der Waals surface area contributed by atoms with E-state index in [2.05, 4.69) is 23.3 Å². The van der Waals surface area contributed by atoms with Crippen LogP contribution in [0, 0.1) is 24.2 Å². The first-order valence-corrected chi connectivity index (χ1v) is 13.2. The van der Waals surface area contributed by atoms with Crippen LogP contribution in [-0.4, -0.2) is 45.1 Å². The minimum absolute atomic E-state index is 0.0312. The van der Waals surface area contributed by atoms with Crippen molar-refractivity contribution in [3.05, 3.63) is 33.3 Å². The number of amides is 1. The Kier molecular flexibility index (Phi) is 10.2. The normalized spacial score (nSPS) is 30.6. The van der Waals surface area contributed by atoms with E-state index in [-0.39, 0.29) is 30.1 Å². The molecule has 2 heterocycles. The van der Waals surface area contributed by atoms with Crippen LogP contribution >= 0.6 is 11.3 Å². The summed E-state index contributed by atoms with van der Waals surface area (Å²) in [5, 5.41) is 27.7. The fourth-order valence-electron chi connectivity index (χ4n) is 4.55. The molecule has 0 fully saturated rings. The summed E-state index contributed by atoms with van der Waals surface area (Å²) >= 11 is 1.58. The highest BCUT2D eigenvalue weighted by Gasteiger charge is 2.42. The van der Waals surface area contributed by atoms with Gasteiger partial charge in [-0.3, -0.25) is 9.59 Å². The summed E-state index contributed by atoms with van der Waals surface area (Å²) in [6.45, 7) is 13.0. The van der Waals surface area contributed by atoms with Crippen LogP contribution in [-0.2, 0) is 9.59 Å². The number of ketones is 1. The van der Waals surface area contributed by atoms with Gasteiger partial charge < -0.3 is 15.5 Å². The van der Waals surface area contributed by atoms with Crippen molar-refractivity contribution in [2.24, 2.45) is 17.3 Å². The van der Waals surface area contributed by atoms with Crippen LogP contribution in [0.4, 0.5) is 0 Å². The largest absolute Gasteiger partial charge is 0.392 e. The predicted octanol–water partition coefficient (Wildman–Crippen LogP) is 4.84. The average Bonchev–Trinajstić information content (AvgIpc) is 3.17. The number of nitrogens with one attached hydrogen (secondary N) is 1. The lowest BCUT2D eigenvalue weighted by Crippen LogP contribution is -2.47. The van der Waals surface area contributed by atoms with Crippen molar-refractivity contribution in [2.45, 2.75) is 98.8 Å². The van der Waals surface area contributed by atoms with Crippen LogP contribution in [0.5, 0.6) is 0 Å². The highest BCUT2D eigenvalue weighted by molar-refractivity contribution is 7.09. The molecule has 1 aliphatic rings. The molecule has 0 aliphatic carbocycles. The molecule has 2 rings (SSSR count). The van der Waals surface area contributed by atoms with Gasteiger partial charge in [-0.1, -0.05) is 39.3 Å². The van der Waals surface area contributed by atoms with Crippen molar-refractivity contribution in [1.29, 1.82) is 0 Å². The number of aryl methyl sites for hydroxylation is 1. The first-order chi connectivity index (χ1) is 15.8. The molecule has 5 atom stereocenters. The third kappa shape index (κ3) is 7.59. The topological polar surface area (TPSA) is 99.5 Å². The lowest BCUT2D eigenvalue weighted by atomic mass is 9.73. The number of thiazole rings is 1. The Labute approximate surface area is 208 Å². The Bertz CT molecular complexity index is 917. The van der Waals surface area contributed by atoms with E-state index in [1.54, 1.807) is 32.1 Å². The molecule has 0 saturated carbocycles. The smallest absolute Gasteiger partial charge is 0.223 e. The third-order valence-electron chi connectivity index (χ3n) is 7.14. The number of aliphatic hydroxyl groups excluding tert-OH is 2. The van der Waals surface area contributed by atoms with Crippen LogP contribution in [0.1, 0.15) is 84.3 Å². The molecule has 0 radical (unpaired) electrons. The summed E-state index contributed by atoms with van der Waals surface area (Å²) in [4.78, 5) is 30.6. The van der Waals surface area contributed by atoms with Gasteiger partial charge in [-0.2, -0.15) is 0 Å². The Morgan fingerprint density at radius 3 is 2.50 bits per heavy atom. The Hall–Kier alpha value is -1.83. The number of rotatable bonds is 2. The lowest BCUT2D eigenvalue weighted by Gasteiger charge is -2.34. The van der Waals surface area contributed by atoms with Crippen LogP contribution in [0.3, 0.4) is 0 Å². The van der Waals surface area contributed by atoms with E-state index < -0.39 is 23.5 Å². The highest BCUT2D eigenvalue weighted by Crippen LogP contribution is 2.32. The van der Waals surface area contributed by atoms with Gasteiger partial charge in [0.05, 0.1) is 40.8 Å². The standard InChI is InChI=1S/C27H42N2O4S/c1-16-10-8-9-11-17(2)25(32)19(4)26(33)27(6,7)23(30)14-24(31)29-22(12-16)18(3)13-21-15-34-20(5)28-21/h10,13,15,17,19,22-23,25,30,32H,8-9,11-12,14H2,1-7H3,(H,29,31)/t17-,19-,22-,23-,25+/m0/s1. The molecule has 1 amide bonds. The minimum atomic E-state index is -1.15. The molecule has 1 aromatic rings. The first kappa shape index (κ1) is 28.4. The van der Waals surface area contributed by atoms with Crippen molar-refractivity contribution in [3.8, 4) is 0 Å². The molecule has 0 unspecified atom stereocenters. The quantitative estimate of drug-likeness (QED) is 0.515. The lowest BCUT2D eigenvalue weighted by molar-refractivity contribution is -0.143. The van der Waals surface area contributed by atoms with Gasteiger partial charge in [-0.15, -0.1) is 11.3 Å². The Morgan fingerprint density at radius 1 is 1.21 bits per heavy atom. The van der Waals surface area contributed by atoms with Crippen molar-refractivity contribution in [3.63, 3.8) is 0 Å². The van der Waals surface area contributed by atoms with Crippen LogP contribution in [0.15, 0.2) is 22.6 Å². The average molecular weight is 491 g/mol. The van der Waals surface area contributed by atoms with Crippen molar-refractivity contribution in [2.75, 3.05) is 0 Å². The Morgan fingerprint density at radius 2 is 1.88 bits per heavy atom. The fraction of sp³-hybridized carbons (Fsp3) is 0.667. The van der Waals surface area contributed by atoms with Gasteiger partial charge in [0, 0.05) is 11.3 Å². The Balaban J connectivity index is 2.33. The zero-order chi connectivity index (χ0) is 25.6. The molecule has 6 nitrogen and oxygen atoms in total. The number of hydrogen-bond donors (Lipinski definition) is 3. The zero-order valence-electron chi connectivity index (χ0n) is 21.7. The zero-order valence-corrected chi connectivity index (χ0v) is 22.5.